The van der Waals surface area contributed by atoms with Crippen LogP contribution in [0.25, 0.3) is 0 Å². The van der Waals surface area contributed by atoms with Crippen LogP contribution >= 0.6 is 0 Å². The van der Waals surface area contributed by atoms with Gasteiger partial charge in [-0.25, -0.2) is 0 Å². The third kappa shape index (κ3) is 3.80. The molecule has 1 heterocycles. The quantitative estimate of drug-likeness (QED) is 0.909. The van der Waals surface area contributed by atoms with Gasteiger partial charge in [0.15, 0.2) is 0 Å². The zero-order valence-electron chi connectivity index (χ0n) is 11.9. The molecule has 0 aliphatic carbocycles. The van der Waals surface area contributed by atoms with Crippen molar-refractivity contribution in [2.75, 3.05) is 13.1 Å². The molecule has 0 bridgehead atoms. The summed E-state index contributed by atoms with van der Waals surface area (Å²) >= 11 is 0. The summed E-state index contributed by atoms with van der Waals surface area (Å²) in [6, 6.07) is 6.09. The number of aliphatic hydroxyl groups excluding tert-OH is 1. The number of hydrogen-bond donors (Lipinski definition) is 1. The number of carbonyl (C=O) groups excluding carboxylic acids is 1. The third-order valence-electron chi connectivity index (χ3n) is 3.69. The van der Waals surface area contributed by atoms with Crippen LogP contribution in [0, 0.1) is 13.8 Å². The van der Waals surface area contributed by atoms with Crippen molar-refractivity contribution in [3.05, 3.63) is 34.9 Å². The first-order chi connectivity index (χ1) is 9.06. The van der Waals surface area contributed by atoms with Crippen molar-refractivity contribution in [2.45, 2.75) is 45.6 Å². The number of likely N-dealkylation sites (tertiary alicyclic amines) is 1. The average molecular weight is 261 g/mol. The van der Waals surface area contributed by atoms with Gasteiger partial charge in [-0.3, -0.25) is 4.79 Å². The lowest BCUT2D eigenvalue weighted by atomic mass is 10.0. The summed E-state index contributed by atoms with van der Waals surface area (Å²) in [5, 5.41) is 10.3. The van der Waals surface area contributed by atoms with E-state index in [0.29, 0.717) is 13.0 Å². The maximum absolute atomic E-state index is 11.9. The number of amides is 1. The van der Waals surface area contributed by atoms with Gasteiger partial charge >= 0.3 is 0 Å². The Kier molecular flexibility index (Phi) is 4.59. The molecular formula is C16H23NO2. The second kappa shape index (κ2) is 6.20. The summed E-state index contributed by atoms with van der Waals surface area (Å²) in [5.41, 5.74) is 3.21. The molecule has 3 nitrogen and oxygen atoms in total. The average Bonchev–Trinajstić information content (AvgIpc) is 2.54. The lowest BCUT2D eigenvalue weighted by Crippen LogP contribution is -2.34. The molecule has 104 valence electrons. The van der Waals surface area contributed by atoms with E-state index < -0.39 is 6.10 Å². The highest BCUT2D eigenvalue weighted by Gasteiger charge is 2.20. The van der Waals surface area contributed by atoms with E-state index in [1.54, 1.807) is 0 Å². The van der Waals surface area contributed by atoms with Crippen LogP contribution in [0.15, 0.2) is 18.2 Å². The molecule has 1 atom stereocenters. The molecule has 1 aromatic rings. The van der Waals surface area contributed by atoms with Gasteiger partial charge in [-0.2, -0.15) is 0 Å². The van der Waals surface area contributed by atoms with Crippen molar-refractivity contribution in [1.29, 1.82) is 0 Å². The summed E-state index contributed by atoms with van der Waals surface area (Å²) in [6.45, 7) is 5.25. The van der Waals surface area contributed by atoms with Crippen LogP contribution in [0.4, 0.5) is 0 Å². The third-order valence-corrected chi connectivity index (χ3v) is 3.69. The zero-order chi connectivity index (χ0) is 13.8. The molecule has 0 aromatic heterocycles. The predicted octanol–water partition coefficient (Wildman–Crippen LogP) is 2.74. The van der Waals surface area contributed by atoms with Crippen molar-refractivity contribution >= 4 is 5.91 Å². The Morgan fingerprint density at radius 3 is 2.53 bits per heavy atom. The first kappa shape index (κ1) is 14.1. The highest BCUT2D eigenvalue weighted by Crippen LogP contribution is 2.20. The van der Waals surface area contributed by atoms with Crippen molar-refractivity contribution in [3.63, 3.8) is 0 Å². The number of aryl methyl sites for hydroxylation is 2. The van der Waals surface area contributed by atoms with Gasteiger partial charge in [0.2, 0.25) is 5.91 Å². The number of rotatable bonds is 3. The van der Waals surface area contributed by atoms with Gasteiger partial charge in [0.25, 0.3) is 0 Å². The van der Waals surface area contributed by atoms with Gasteiger partial charge < -0.3 is 10.0 Å². The van der Waals surface area contributed by atoms with E-state index in [9.17, 15) is 9.90 Å². The topological polar surface area (TPSA) is 40.5 Å². The maximum Gasteiger partial charge on any atom is 0.222 e. The van der Waals surface area contributed by atoms with Crippen LogP contribution in [-0.4, -0.2) is 29.0 Å². The highest BCUT2D eigenvalue weighted by molar-refractivity contribution is 5.76. The van der Waals surface area contributed by atoms with Crippen LogP contribution in [-0.2, 0) is 4.79 Å². The van der Waals surface area contributed by atoms with E-state index in [0.717, 1.165) is 42.5 Å². The molecule has 1 fully saturated rings. The van der Waals surface area contributed by atoms with E-state index >= 15 is 0 Å². The van der Waals surface area contributed by atoms with Crippen LogP contribution in [0.2, 0.25) is 0 Å². The van der Waals surface area contributed by atoms with Crippen molar-refractivity contribution in [2.24, 2.45) is 0 Å². The van der Waals surface area contributed by atoms with Gasteiger partial charge in [-0.05, 0) is 32.3 Å². The minimum atomic E-state index is -0.583. The van der Waals surface area contributed by atoms with Crippen LogP contribution in [0.1, 0.15) is 48.5 Å². The molecule has 0 saturated carbocycles. The van der Waals surface area contributed by atoms with Gasteiger partial charge in [0.05, 0.1) is 12.6 Å². The second-order valence-electron chi connectivity index (χ2n) is 5.59. The normalized spacial score (nSPS) is 18.3. The van der Waals surface area contributed by atoms with Crippen molar-refractivity contribution < 1.29 is 9.90 Å². The number of carbonyl (C=O) groups is 1. The highest BCUT2D eigenvalue weighted by atomic mass is 16.3. The number of benzene rings is 1. The summed E-state index contributed by atoms with van der Waals surface area (Å²) in [6.07, 6.45) is 3.18. The summed E-state index contributed by atoms with van der Waals surface area (Å²) < 4.78 is 0. The number of aliphatic hydroxyl groups is 1. The zero-order valence-corrected chi connectivity index (χ0v) is 11.9. The molecule has 1 N–H and O–H groups in total. The fraction of sp³-hybridized carbons (Fsp3) is 0.562. The molecular weight excluding hydrogens is 238 g/mol. The molecule has 0 spiro atoms. The second-order valence-corrected chi connectivity index (χ2v) is 5.59. The van der Waals surface area contributed by atoms with E-state index in [4.69, 9.17) is 0 Å². The SMILES string of the molecule is Cc1cc(C)cc(C(O)CN2CCCCCC2=O)c1. The van der Waals surface area contributed by atoms with Gasteiger partial charge in [-0.1, -0.05) is 35.7 Å². The smallest absolute Gasteiger partial charge is 0.222 e. The van der Waals surface area contributed by atoms with Crippen LogP contribution < -0.4 is 0 Å². The molecule has 1 unspecified atom stereocenters. The fourth-order valence-electron chi connectivity index (χ4n) is 2.75. The standard InChI is InChI=1S/C16H23NO2/c1-12-8-13(2)10-14(9-12)15(18)11-17-7-5-3-4-6-16(17)19/h8-10,15,18H,3-7,11H2,1-2H3. The van der Waals surface area contributed by atoms with Gasteiger partial charge in [0, 0.05) is 13.0 Å². The van der Waals surface area contributed by atoms with Gasteiger partial charge in [-0.15, -0.1) is 0 Å². The molecule has 2 rings (SSSR count). The minimum Gasteiger partial charge on any atom is -0.387 e. The summed E-state index contributed by atoms with van der Waals surface area (Å²) in [4.78, 5) is 13.7. The maximum atomic E-state index is 11.9. The Bertz CT molecular complexity index is 436. The lowest BCUT2D eigenvalue weighted by molar-refractivity contribution is -0.132. The van der Waals surface area contributed by atoms with E-state index in [1.807, 2.05) is 30.9 Å². The number of nitrogens with zero attached hydrogens (tertiary/aromatic N) is 1. The fourth-order valence-corrected chi connectivity index (χ4v) is 2.75. The van der Waals surface area contributed by atoms with Crippen LogP contribution in [0.5, 0.6) is 0 Å². The molecule has 1 amide bonds. The Balaban J connectivity index is 2.06. The summed E-state index contributed by atoms with van der Waals surface area (Å²) in [5.74, 6) is 0.181. The number of hydrogen-bond acceptors (Lipinski definition) is 2. The molecule has 19 heavy (non-hydrogen) atoms. The Hall–Kier alpha value is -1.35. The molecule has 1 aromatic carbocycles. The van der Waals surface area contributed by atoms with Crippen LogP contribution in [0.3, 0.4) is 0 Å². The largest absolute Gasteiger partial charge is 0.387 e. The first-order valence-electron chi connectivity index (χ1n) is 7.10. The first-order valence-corrected chi connectivity index (χ1v) is 7.10. The van der Waals surface area contributed by atoms with E-state index in [-0.39, 0.29) is 5.91 Å². The summed E-state index contributed by atoms with van der Waals surface area (Å²) in [7, 11) is 0. The van der Waals surface area contributed by atoms with Crippen molar-refractivity contribution in [3.8, 4) is 0 Å². The molecule has 1 aliphatic rings. The van der Waals surface area contributed by atoms with E-state index in [2.05, 4.69) is 6.07 Å². The van der Waals surface area contributed by atoms with E-state index in [1.165, 1.54) is 0 Å². The van der Waals surface area contributed by atoms with Crippen molar-refractivity contribution in [1.82, 2.24) is 4.90 Å². The monoisotopic (exact) mass is 261 g/mol. The molecule has 0 radical (unpaired) electrons. The predicted molar refractivity (Wildman–Crippen MR) is 75.9 cm³/mol. The molecule has 1 aliphatic heterocycles. The Morgan fingerprint density at radius 2 is 1.84 bits per heavy atom. The molecule has 3 heteroatoms. The Labute approximate surface area is 115 Å². The van der Waals surface area contributed by atoms with Gasteiger partial charge in [0.1, 0.15) is 0 Å². The number of β-amino-alcohol motifs (C(OH)–C–C–N with tert-alkyl or cyclic N) is 1. The Morgan fingerprint density at radius 1 is 1.16 bits per heavy atom. The minimum absolute atomic E-state index is 0.181. The lowest BCUT2D eigenvalue weighted by Gasteiger charge is -2.24. The molecule has 1 saturated heterocycles.